The van der Waals surface area contributed by atoms with Crippen molar-refractivity contribution in [3.63, 3.8) is 0 Å². The maximum absolute atomic E-state index is 14.0. The Labute approximate surface area is 127 Å². The van der Waals surface area contributed by atoms with Gasteiger partial charge in [0.25, 0.3) is 5.69 Å². The van der Waals surface area contributed by atoms with Crippen LogP contribution in [0.25, 0.3) is 0 Å². The summed E-state index contributed by atoms with van der Waals surface area (Å²) in [4.78, 5) is 23.2. The first-order valence-electron chi connectivity index (χ1n) is 7.06. The van der Waals surface area contributed by atoms with Crippen LogP contribution in [-0.4, -0.2) is 30.6 Å². The lowest BCUT2D eigenvalue weighted by Crippen LogP contribution is -2.31. The van der Waals surface area contributed by atoms with E-state index in [1.54, 1.807) is 6.92 Å². The van der Waals surface area contributed by atoms with E-state index in [1.165, 1.54) is 18.2 Å². The van der Waals surface area contributed by atoms with Crippen molar-refractivity contribution in [1.29, 1.82) is 0 Å². The summed E-state index contributed by atoms with van der Waals surface area (Å²) in [6.07, 6.45) is 2.76. The molecule has 0 aromatic heterocycles. The third kappa shape index (κ3) is 3.81. The van der Waals surface area contributed by atoms with Crippen molar-refractivity contribution in [2.24, 2.45) is 0 Å². The highest BCUT2D eigenvalue weighted by atomic mass is 19.1. The number of hydrogen-bond acceptors (Lipinski definition) is 5. The number of halogens is 1. The SMILES string of the molecule is CCOC(=O)C=C1CCN(c2ccc([N+](=O)[O-])cc2F)CC1. The van der Waals surface area contributed by atoms with Gasteiger partial charge in [-0.1, -0.05) is 5.57 Å². The zero-order valence-electron chi connectivity index (χ0n) is 12.3. The van der Waals surface area contributed by atoms with Crippen molar-refractivity contribution in [2.45, 2.75) is 19.8 Å². The van der Waals surface area contributed by atoms with Crippen LogP contribution in [0.15, 0.2) is 29.8 Å². The van der Waals surface area contributed by atoms with E-state index in [4.69, 9.17) is 4.74 Å². The van der Waals surface area contributed by atoms with Gasteiger partial charge in [-0.15, -0.1) is 0 Å². The van der Waals surface area contributed by atoms with Gasteiger partial charge in [0, 0.05) is 25.2 Å². The number of nitro benzene ring substituents is 1. The molecule has 22 heavy (non-hydrogen) atoms. The first-order chi connectivity index (χ1) is 10.5. The summed E-state index contributed by atoms with van der Waals surface area (Å²) in [5.74, 6) is -0.959. The number of hydrogen-bond donors (Lipinski definition) is 0. The minimum absolute atomic E-state index is 0.263. The molecule has 0 aliphatic carbocycles. The molecule has 1 aromatic carbocycles. The van der Waals surface area contributed by atoms with Crippen LogP contribution in [0.5, 0.6) is 0 Å². The highest BCUT2D eigenvalue weighted by molar-refractivity contribution is 5.82. The van der Waals surface area contributed by atoms with Crippen molar-refractivity contribution < 1.29 is 18.8 Å². The number of esters is 1. The standard InChI is InChI=1S/C15H17FN2O4/c1-2-22-15(19)9-11-5-7-17(8-6-11)14-4-3-12(18(20)21)10-13(14)16/h3-4,9-10H,2,5-8H2,1H3. The molecular weight excluding hydrogens is 291 g/mol. The summed E-state index contributed by atoms with van der Waals surface area (Å²) in [5.41, 5.74) is 1.05. The van der Waals surface area contributed by atoms with Crippen LogP contribution in [0.4, 0.5) is 15.8 Å². The molecule has 6 nitrogen and oxygen atoms in total. The van der Waals surface area contributed by atoms with Gasteiger partial charge in [-0.2, -0.15) is 0 Å². The second-order valence-corrected chi connectivity index (χ2v) is 4.93. The molecule has 118 valence electrons. The number of carbonyl (C=O) groups is 1. The summed E-state index contributed by atoms with van der Waals surface area (Å²) < 4.78 is 18.8. The van der Waals surface area contributed by atoms with Crippen LogP contribution in [0.2, 0.25) is 0 Å². The van der Waals surface area contributed by atoms with E-state index in [-0.39, 0.29) is 11.7 Å². The Morgan fingerprint density at radius 3 is 2.68 bits per heavy atom. The van der Waals surface area contributed by atoms with Crippen molar-refractivity contribution in [1.82, 2.24) is 0 Å². The molecule has 0 bridgehead atoms. The van der Waals surface area contributed by atoms with Crippen LogP contribution in [0.1, 0.15) is 19.8 Å². The molecule has 0 unspecified atom stereocenters. The van der Waals surface area contributed by atoms with E-state index in [2.05, 4.69) is 0 Å². The third-order valence-electron chi connectivity index (χ3n) is 3.50. The molecule has 0 atom stereocenters. The maximum atomic E-state index is 14.0. The molecule has 0 radical (unpaired) electrons. The molecule has 1 aliphatic rings. The van der Waals surface area contributed by atoms with Crippen molar-refractivity contribution in [3.05, 3.63) is 45.8 Å². The predicted octanol–water partition coefficient (Wildman–Crippen LogP) is 2.82. The van der Waals surface area contributed by atoms with Crippen molar-refractivity contribution >= 4 is 17.3 Å². The minimum Gasteiger partial charge on any atom is -0.463 e. The van der Waals surface area contributed by atoms with E-state index < -0.39 is 10.7 Å². The van der Waals surface area contributed by atoms with E-state index in [0.717, 1.165) is 11.6 Å². The Hall–Kier alpha value is -2.44. The van der Waals surface area contributed by atoms with Gasteiger partial charge in [0.1, 0.15) is 0 Å². The van der Waals surface area contributed by atoms with Gasteiger partial charge in [0.05, 0.1) is 23.3 Å². The first kappa shape index (κ1) is 15.9. The molecule has 2 rings (SSSR count). The minimum atomic E-state index is -0.622. The normalized spacial score (nSPS) is 14.6. The number of benzene rings is 1. The van der Waals surface area contributed by atoms with Crippen molar-refractivity contribution in [2.75, 3.05) is 24.6 Å². The van der Waals surface area contributed by atoms with E-state index in [9.17, 15) is 19.3 Å². The molecule has 1 aliphatic heterocycles. The average Bonchev–Trinajstić information content (AvgIpc) is 2.48. The van der Waals surface area contributed by atoms with Crippen molar-refractivity contribution in [3.8, 4) is 0 Å². The fourth-order valence-corrected chi connectivity index (χ4v) is 2.40. The van der Waals surface area contributed by atoms with E-state index >= 15 is 0 Å². The van der Waals surface area contributed by atoms with Gasteiger partial charge in [-0.05, 0) is 25.8 Å². The fourth-order valence-electron chi connectivity index (χ4n) is 2.40. The smallest absolute Gasteiger partial charge is 0.330 e. The lowest BCUT2D eigenvalue weighted by Gasteiger charge is -2.30. The van der Waals surface area contributed by atoms with Gasteiger partial charge in [0.2, 0.25) is 0 Å². The van der Waals surface area contributed by atoms with Crippen LogP contribution < -0.4 is 4.90 Å². The largest absolute Gasteiger partial charge is 0.463 e. The summed E-state index contributed by atoms with van der Waals surface area (Å²) in [6.45, 7) is 3.19. The second kappa shape index (κ2) is 7.02. The van der Waals surface area contributed by atoms with Crippen LogP contribution in [-0.2, 0) is 9.53 Å². The zero-order chi connectivity index (χ0) is 16.1. The number of non-ortho nitro benzene ring substituents is 1. The molecule has 1 fully saturated rings. The average molecular weight is 308 g/mol. The maximum Gasteiger partial charge on any atom is 0.330 e. The molecule has 0 N–H and O–H groups in total. The Kier molecular flexibility index (Phi) is 5.08. The lowest BCUT2D eigenvalue weighted by molar-refractivity contribution is -0.385. The lowest BCUT2D eigenvalue weighted by atomic mass is 10.0. The summed E-state index contributed by atoms with van der Waals surface area (Å²) in [7, 11) is 0. The van der Waals surface area contributed by atoms with E-state index in [0.29, 0.717) is 38.2 Å². The molecule has 1 heterocycles. The number of carbonyl (C=O) groups excluding carboxylic acids is 1. The molecule has 1 aromatic rings. The van der Waals surface area contributed by atoms with Gasteiger partial charge in [0.15, 0.2) is 5.82 Å². The molecule has 7 heteroatoms. The third-order valence-corrected chi connectivity index (χ3v) is 3.50. The van der Waals surface area contributed by atoms with Crippen LogP contribution in [0, 0.1) is 15.9 Å². The fraction of sp³-hybridized carbons (Fsp3) is 0.400. The number of nitro groups is 1. The summed E-state index contributed by atoms with van der Waals surface area (Å²) in [5, 5.41) is 10.6. The van der Waals surface area contributed by atoms with Gasteiger partial charge in [-0.25, -0.2) is 9.18 Å². The Morgan fingerprint density at radius 2 is 2.14 bits per heavy atom. The molecule has 0 amide bonds. The summed E-state index contributed by atoms with van der Waals surface area (Å²) in [6, 6.07) is 3.65. The predicted molar refractivity (Wildman–Crippen MR) is 79.2 cm³/mol. The van der Waals surface area contributed by atoms with Crippen LogP contribution >= 0.6 is 0 Å². The highest BCUT2D eigenvalue weighted by Crippen LogP contribution is 2.27. The van der Waals surface area contributed by atoms with E-state index in [1.807, 2.05) is 4.90 Å². The second-order valence-electron chi connectivity index (χ2n) is 4.93. The van der Waals surface area contributed by atoms with Gasteiger partial charge >= 0.3 is 5.97 Å². The molecule has 0 spiro atoms. The number of ether oxygens (including phenoxy) is 1. The summed E-state index contributed by atoms with van der Waals surface area (Å²) >= 11 is 0. The Balaban J connectivity index is 2.03. The van der Waals surface area contributed by atoms with Crippen LogP contribution in [0.3, 0.4) is 0 Å². The first-order valence-corrected chi connectivity index (χ1v) is 7.06. The van der Waals surface area contributed by atoms with Gasteiger partial charge in [-0.3, -0.25) is 10.1 Å². The number of rotatable bonds is 4. The molecule has 1 saturated heterocycles. The number of piperidine rings is 1. The quantitative estimate of drug-likeness (QED) is 0.370. The topological polar surface area (TPSA) is 72.7 Å². The van der Waals surface area contributed by atoms with Gasteiger partial charge < -0.3 is 9.64 Å². The number of nitrogens with zero attached hydrogens (tertiary/aromatic N) is 2. The molecular formula is C15H17FN2O4. The Bertz CT molecular complexity index is 606. The molecule has 0 saturated carbocycles. The Morgan fingerprint density at radius 1 is 1.45 bits per heavy atom. The zero-order valence-corrected chi connectivity index (χ0v) is 12.3. The highest BCUT2D eigenvalue weighted by Gasteiger charge is 2.20. The monoisotopic (exact) mass is 308 g/mol. The number of anilines is 1.